The molecule has 0 unspecified atom stereocenters. The van der Waals surface area contributed by atoms with Gasteiger partial charge in [0, 0.05) is 5.69 Å². The highest BCUT2D eigenvalue weighted by Crippen LogP contribution is 2.25. The van der Waals surface area contributed by atoms with Crippen LogP contribution >= 0.6 is 11.3 Å². The Morgan fingerprint density at radius 3 is 2.81 bits per heavy atom. The van der Waals surface area contributed by atoms with Gasteiger partial charge in [-0.2, -0.15) is 0 Å². The zero-order valence-electron chi connectivity index (χ0n) is 12.7. The Balaban J connectivity index is 1.72. The van der Waals surface area contributed by atoms with Gasteiger partial charge in [0.15, 0.2) is 0 Å². The average Bonchev–Trinajstić information content (AvgIpc) is 3.00. The van der Waals surface area contributed by atoms with Crippen LogP contribution in [0.5, 0.6) is 0 Å². The van der Waals surface area contributed by atoms with Gasteiger partial charge < -0.3 is 5.32 Å². The van der Waals surface area contributed by atoms with E-state index in [0.29, 0.717) is 6.54 Å². The van der Waals surface area contributed by atoms with Gasteiger partial charge in [0.25, 0.3) is 0 Å². The number of anilines is 1. The molecule has 6 heteroatoms. The summed E-state index contributed by atoms with van der Waals surface area (Å²) in [5, 5.41) is 12.9. The largest absolute Gasteiger partial charge is 0.379 e. The van der Waals surface area contributed by atoms with E-state index in [2.05, 4.69) is 53.5 Å². The van der Waals surface area contributed by atoms with E-state index >= 15 is 0 Å². The van der Waals surface area contributed by atoms with Crippen LogP contribution in [0, 0.1) is 6.92 Å². The van der Waals surface area contributed by atoms with Crippen LogP contribution in [0.15, 0.2) is 24.4 Å². The summed E-state index contributed by atoms with van der Waals surface area (Å²) in [4.78, 5) is 4.47. The van der Waals surface area contributed by atoms with E-state index in [0.717, 1.165) is 21.9 Å². The van der Waals surface area contributed by atoms with Gasteiger partial charge in [0.1, 0.15) is 5.69 Å². The summed E-state index contributed by atoms with van der Waals surface area (Å²) in [5.74, 6) is 0. The lowest BCUT2D eigenvalue weighted by atomic mass is 10.1. The molecule has 1 aromatic carbocycles. The molecule has 0 spiro atoms. The molecular weight excluding hydrogens is 282 g/mol. The predicted octanol–water partition coefficient (Wildman–Crippen LogP) is 3.56. The van der Waals surface area contributed by atoms with Crippen LogP contribution in [0.2, 0.25) is 0 Å². The van der Waals surface area contributed by atoms with Crippen LogP contribution in [0.4, 0.5) is 5.69 Å². The highest BCUT2D eigenvalue weighted by atomic mass is 32.1. The monoisotopic (exact) mass is 301 g/mol. The maximum atomic E-state index is 4.47. The maximum absolute atomic E-state index is 4.47. The number of thiazole rings is 1. The normalized spacial score (nSPS) is 12.0. The van der Waals surface area contributed by atoms with Gasteiger partial charge in [0.05, 0.1) is 33.5 Å². The van der Waals surface area contributed by atoms with Crippen molar-refractivity contribution in [2.45, 2.75) is 39.8 Å². The zero-order valence-corrected chi connectivity index (χ0v) is 13.5. The minimum Gasteiger partial charge on any atom is -0.379 e. The quantitative estimate of drug-likeness (QED) is 0.803. The summed E-state index contributed by atoms with van der Waals surface area (Å²) in [6.45, 7) is 9.03. The Hall–Kier alpha value is -1.95. The number of fused-ring (bicyclic) bond motifs is 1. The van der Waals surface area contributed by atoms with Gasteiger partial charge in [-0.3, -0.25) is 0 Å². The number of aryl methyl sites for hydroxylation is 1. The van der Waals surface area contributed by atoms with Gasteiger partial charge in [0.2, 0.25) is 0 Å². The highest BCUT2D eigenvalue weighted by Gasteiger charge is 2.14. The van der Waals surface area contributed by atoms with Gasteiger partial charge in [-0.1, -0.05) is 5.21 Å². The maximum Gasteiger partial charge on any atom is 0.102 e. The zero-order chi connectivity index (χ0) is 15.0. The second-order valence-electron chi connectivity index (χ2n) is 6.09. The first-order chi connectivity index (χ1) is 9.91. The van der Waals surface area contributed by atoms with Crippen molar-refractivity contribution in [1.82, 2.24) is 20.0 Å². The Kier molecular flexibility index (Phi) is 3.41. The Morgan fingerprint density at radius 2 is 2.10 bits per heavy atom. The summed E-state index contributed by atoms with van der Waals surface area (Å²) in [6, 6.07) is 6.23. The van der Waals surface area contributed by atoms with Crippen LogP contribution in [0.3, 0.4) is 0 Å². The topological polar surface area (TPSA) is 55.6 Å². The van der Waals surface area contributed by atoms with Crippen molar-refractivity contribution >= 4 is 27.2 Å². The van der Waals surface area contributed by atoms with Gasteiger partial charge in [-0.25, -0.2) is 9.67 Å². The second-order valence-corrected chi connectivity index (χ2v) is 7.33. The molecule has 0 bridgehead atoms. The molecule has 0 radical (unpaired) electrons. The minimum absolute atomic E-state index is 0.0374. The first-order valence-corrected chi connectivity index (χ1v) is 7.76. The second kappa shape index (κ2) is 5.11. The van der Waals surface area contributed by atoms with Crippen molar-refractivity contribution < 1.29 is 0 Å². The summed E-state index contributed by atoms with van der Waals surface area (Å²) in [7, 11) is 0. The SMILES string of the molecule is Cc1nc2ccc(NCc3cn(C(C)(C)C)nn3)cc2s1. The molecule has 0 aliphatic carbocycles. The lowest BCUT2D eigenvalue weighted by Crippen LogP contribution is -2.22. The molecule has 0 atom stereocenters. The molecule has 0 amide bonds. The van der Waals surface area contributed by atoms with E-state index in [1.807, 2.05) is 23.9 Å². The number of hydrogen-bond donors (Lipinski definition) is 1. The van der Waals surface area contributed by atoms with E-state index in [9.17, 15) is 0 Å². The smallest absolute Gasteiger partial charge is 0.102 e. The molecule has 3 aromatic rings. The number of nitrogens with zero attached hydrogens (tertiary/aromatic N) is 4. The third-order valence-corrected chi connectivity index (χ3v) is 4.13. The van der Waals surface area contributed by atoms with E-state index in [4.69, 9.17) is 0 Å². The van der Waals surface area contributed by atoms with E-state index < -0.39 is 0 Å². The number of hydrogen-bond acceptors (Lipinski definition) is 5. The fourth-order valence-corrected chi connectivity index (χ4v) is 2.92. The first kappa shape index (κ1) is 14.0. The molecular formula is C15H19N5S. The molecule has 110 valence electrons. The molecule has 0 saturated heterocycles. The third-order valence-electron chi connectivity index (χ3n) is 3.20. The Labute approximate surface area is 128 Å². The Bertz CT molecular complexity index is 766. The van der Waals surface area contributed by atoms with Crippen molar-refractivity contribution in [3.05, 3.63) is 35.1 Å². The van der Waals surface area contributed by atoms with Crippen LogP contribution in [-0.2, 0) is 12.1 Å². The number of rotatable bonds is 3. The van der Waals surface area contributed by atoms with Crippen molar-refractivity contribution in [2.24, 2.45) is 0 Å². The number of nitrogens with one attached hydrogen (secondary N) is 1. The lowest BCUT2D eigenvalue weighted by Gasteiger charge is -2.17. The molecule has 1 N–H and O–H groups in total. The van der Waals surface area contributed by atoms with Crippen molar-refractivity contribution in [3.63, 3.8) is 0 Å². The fraction of sp³-hybridized carbons (Fsp3) is 0.400. The highest BCUT2D eigenvalue weighted by molar-refractivity contribution is 7.18. The predicted molar refractivity (Wildman–Crippen MR) is 86.7 cm³/mol. The lowest BCUT2D eigenvalue weighted by molar-refractivity contribution is 0.347. The first-order valence-electron chi connectivity index (χ1n) is 6.94. The van der Waals surface area contributed by atoms with Crippen LogP contribution in [0.1, 0.15) is 31.5 Å². The van der Waals surface area contributed by atoms with Crippen molar-refractivity contribution in [1.29, 1.82) is 0 Å². The van der Waals surface area contributed by atoms with E-state index in [1.165, 1.54) is 4.70 Å². The summed E-state index contributed by atoms with van der Waals surface area (Å²) >= 11 is 1.71. The van der Waals surface area contributed by atoms with E-state index in [1.54, 1.807) is 11.3 Å². The van der Waals surface area contributed by atoms with Crippen LogP contribution < -0.4 is 5.32 Å². The fourth-order valence-electron chi connectivity index (χ4n) is 2.05. The molecule has 0 aliphatic rings. The molecule has 0 fully saturated rings. The summed E-state index contributed by atoms with van der Waals surface area (Å²) < 4.78 is 3.09. The molecule has 5 nitrogen and oxygen atoms in total. The molecule has 2 aromatic heterocycles. The molecule has 0 saturated carbocycles. The third kappa shape index (κ3) is 3.05. The van der Waals surface area contributed by atoms with E-state index in [-0.39, 0.29) is 5.54 Å². The van der Waals surface area contributed by atoms with Crippen LogP contribution in [0.25, 0.3) is 10.2 Å². The molecule has 3 rings (SSSR count). The van der Waals surface area contributed by atoms with Crippen LogP contribution in [-0.4, -0.2) is 20.0 Å². The number of aromatic nitrogens is 4. The molecule has 2 heterocycles. The molecule has 0 aliphatic heterocycles. The van der Waals surface area contributed by atoms with Crippen molar-refractivity contribution in [2.75, 3.05) is 5.32 Å². The van der Waals surface area contributed by atoms with Gasteiger partial charge in [-0.15, -0.1) is 16.4 Å². The van der Waals surface area contributed by atoms with Crippen molar-refractivity contribution in [3.8, 4) is 0 Å². The average molecular weight is 301 g/mol. The minimum atomic E-state index is -0.0374. The molecule has 21 heavy (non-hydrogen) atoms. The number of benzene rings is 1. The van der Waals surface area contributed by atoms with Gasteiger partial charge >= 0.3 is 0 Å². The standard InChI is InChI=1S/C15H19N5S/c1-10-17-13-6-5-11(7-14(13)21-10)16-8-12-9-20(19-18-12)15(2,3)4/h5-7,9,16H,8H2,1-4H3. The summed E-state index contributed by atoms with van der Waals surface area (Å²) in [6.07, 6.45) is 1.99. The van der Waals surface area contributed by atoms with Gasteiger partial charge in [-0.05, 0) is 45.9 Å². The summed E-state index contributed by atoms with van der Waals surface area (Å²) in [5.41, 5.74) is 3.04. The Morgan fingerprint density at radius 1 is 1.29 bits per heavy atom.